The van der Waals surface area contributed by atoms with Crippen molar-refractivity contribution in [3.63, 3.8) is 0 Å². The number of rotatable bonds is 4. The van der Waals surface area contributed by atoms with Crippen molar-refractivity contribution in [2.45, 2.75) is 38.4 Å². The average molecular weight is 397 g/mol. The molecule has 0 aliphatic carbocycles. The molecule has 1 unspecified atom stereocenters. The van der Waals surface area contributed by atoms with E-state index in [1.807, 2.05) is 13.8 Å². The molecule has 1 aliphatic rings. The van der Waals surface area contributed by atoms with Gasteiger partial charge in [-0.15, -0.1) is 0 Å². The molecule has 1 amide bonds. The van der Waals surface area contributed by atoms with Gasteiger partial charge in [-0.1, -0.05) is 11.8 Å². The highest BCUT2D eigenvalue weighted by molar-refractivity contribution is 7.99. The van der Waals surface area contributed by atoms with E-state index in [0.717, 1.165) is 11.5 Å². The van der Waals surface area contributed by atoms with Crippen molar-refractivity contribution in [1.82, 2.24) is 29.1 Å². The molecule has 0 saturated heterocycles. The lowest BCUT2D eigenvalue weighted by atomic mass is 10.2. The van der Waals surface area contributed by atoms with E-state index in [1.54, 1.807) is 34.5 Å². The normalized spacial score (nSPS) is 15.5. The van der Waals surface area contributed by atoms with E-state index < -0.39 is 0 Å². The Labute approximate surface area is 165 Å². The lowest BCUT2D eigenvalue weighted by Gasteiger charge is -2.14. The molecule has 9 nitrogen and oxygen atoms in total. The number of nitrogens with one attached hydrogen (secondary N) is 1. The standard InChI is InChI=1S/C18H19N7O2S/c1-10-11(2)22-18-25(17(10)27)13(8-28-18)6-16(26)23-14-7-15(21-9-20-14)24-5-4-19-12(24)3/h4-5,7,9,13H,6,8H2,1-3H3,(H,20,21,23,26). The fraction of sp³-hybridized carbons (Fsp3) is 0.333. The van der Waals surface area contributed by atoms with Gasteiger partial charge in [-0.25, -0.2) is 19.9 Å². The minimum Gasteiger partial charge on any atom is -0.310 e. The van der Waals surface area contributed by atoms with Crippen LogP contribution in [0.25, 0.3) is 5.82 Å². The Bertz CT molecular complexity index is 1120. The van der Waals surface area contributed by atoms with Gasteiger partial charge in [0.05, 0.1) is 6.04 Å². The number of hydrogen-bond acceptors (Lipinski definition) is 7. The van der Waals surface area contributed by atoms with Crippen molar-refractivity contribution in [2.24, 2.45) is 0 Å². The van der Waals surface area contributed by atoms with Crippen LogP contribution in [0.15, 0.2) is 34.7 Å². The fourth-order valence-electron chi connectivity index (χ4n) is 3.10. The van der Waals surface area contributed by atoms with Gasteiger partial charge in [0.1, 0.15) is 23.8 Å². The van der Waals surface area contributed by atoms with Crippen LogP contribution in [-0.2, 0) is 4.79 Å². The third kappa shape index (κ3) is 3.31. The first-order valence-electron chi connectivity index (χ1n) is 8.79. The molecule has 144 valence electrons. The molecule has 10 heteroatoms. The lowest BCUT2D eigenvalue weighted by Crippen LogP contribution is -2.29. The summed E-state index contributed by atoms with van der Waals surface area (Å²) in [5.74, 6) is 2.23. The number of aromatic nitrogens is 6. The van der Waals surface area contributed by atoms with E-state index in [0.29, 0.717) is 28.1 Å². The van der Waals surface area contributed by atoms with Crippen LogP contribution in [0.3, 0.4) is 0 Å². The number of carbonyl (C=O) groups excluding carboxylic acids is 1. The zero-order valence-electron chi connectivity index (χ0n) is 15.7. The molecule has 28 heavy (non-hydrogen) atoms. The average Bonchev–Trinajstić information content (AvgIpc) is 3.26. The number of thioether (sulfide) groups is 1. The topological polar surface area (TPSA) is 108 Å². The number of carbonyl (C=O) groups is 1. The number of aryl methyl sites for hydroxylation is 2. The van der Waals surface area contributed by atoms with Crippen LogP contribution in [0.1, 0.15) is 29.5 Å². The maximum absolute atomic E-state index is 12.6. The molecule has 1 aliphatic heterocycles. The molecular weight excluding hydrogens is 378 g/mol. The number of anilines is 1. The van der Waals surface area contributed by atoms with Gasteiger partial charge < -0.3 is 5.32 Å². The highest BCUT2D eigenvalue weighted by Crippen LogP contribution is 2.32. The van der Waals surface area contributed by atoms with Crippen LogP contribution in [-0.4, -0.2) is 40.7 Å². The number of nitrogens with zero attached hydrogens (tertiary/aromatic N) is 6. The molecule has 0 aromatic carbocycles. The summed E-state index contributed by atoms with van der Waals surface area (Å²) in [5.41, 5.74) is 1.27. The second kappa shape index (κ2) is 7.19. The van der Waals surface area contributed by atoms with Gasteiger partial charge >= 0.3 is 0 Å². The smallest absolute Gasteiger partial charge is 0.257 e. The van der Waals surface area contributed by atoms with Crippen molar-refractivity contribution >= 4 is 23.5 Å². The van der Waals surface area contributed by atoms with E-state index in [9.17, 15) is 9.59 Å². The van der Waals surface area contributed by atoms with Crippen molar-refractivity contribution in [3.8, 4) is 5.82 Å². The third-order valence-electron chi connectivity index (χ3n) is 4.74. The van der Waals surface area contributed by atoms with Crippen LogP contribution in [0, 0.1) is 20.8 Å². The summed E-state index contributed by atoms with van der Waals surface area (Å²) >= 11 is 1.50. The summed E-state index contributed by atoms with van der Waals surface area (Å²) in [6.07, 6.45) is 5.04. The van der Waals surface area contributed by atoms with E-state index in [1.165, 1.54) is 18.1 Å². The molecule has 3 aromatic heterocycles. The summed E-state index contributed by atoms with van der Waals surface area (Å²) in [6, 6.07) is 1.46. The summed E-state index contributed by atoms with van der Waals surface area (Å²) in [7, 11) is 0. The van der Waals surface area contributed by atoms with E-state index in [2.05, 4.69) is 25.3 Å². The summed E-state index contributed by atoms with van der Waals surface area (Å²) in [4.78, 5) is 42.1. The zero-order valence-corrected chi connectivity index (χ0v) is 16.5. The Balaban J connectivity index is 1.51. The fourth-order valence-corrected chi connectivity index (χ4v) is 4.28. The van der Waals surface area contributed by atoms with Gasteiger partial charge in [0.2, 0.25) is 5.91 Å². The SMILES string of the molecule is Cc1nc2n(c(=O)c1C)C(CC(=O)Nc1cc(-n3ccnc3C)ncn1)CS2. The molecule has 1 N–H and O–H groups in total. The van der Waals surface area contributed by atoms with Gasteiger partial charge in [-0.3, -0.25) is 18.7 Å². The molecule has 0 fully saturated rings. The molecule has 0 spiro atoms. The van der Waals surface area contributed by atoms with Gasteiger partial charge in [0, 0.05) is 41.9 Å². The number of amides is 1. The second-order valence-electron chi connectivity index (χ2n) is 6.60. The van der Waals surface area contributed by atoms with Gasteiger partial charge in [0.15, 0.2) is 5.16 Å². The molecule has 4 heterocycles. The van der Waals surface area contributed by atoms with E-state index in [-0.39, 0.29) is 23.9 Å². The molecule has 3 aromatic rings. The molecule has 0 radical (unpaired) electrons. The van der Waals surface area contributed by atoms with Crippen LogP contribution >= 0.6 is 11.8 Å². The predicted molar refractivity (Wildman–Crippen MR) is 105 cm³/mol. The van der Waals surface area contributed by atoms with Gasteiger partial charge in [0.25, 0.3) is 5.56 Å². The summed E-state index contributed by atoms with van der Waals surface area (Å²) in [6.45, 7) is 5.45. The molecule has 4 rings (SSSR count). The number of fused-ring (bicyclic) bond motifs is 1. The predicted octanol–water partition coefficient (Wildman–Crippen LogP) is 1.82. The quantitative estimate of drug-likeness (QED) is 0.669. The van der Waals surface area contributed by atoms with Crippen LogP contribution in [0.2, 0.25) is 0 Å². The lowest BCUT2D eigenvalue weighted by molar-refractivity contribution is -0.116. The Morgan fingerprint density at radius 3 is 2.86 bits per heavy atom. The first kappa shape index (κ1) is 18.4. The minimum atomic E-state index is -0.225. The van der Waals surface area contributed by atoms with Crippen molar-refractivity contribution in [2.75, 3.05) is 11.1 Å². The van der Waals surface area contributed by atoms with Crippen LogP contribution < -0.4 is 10.9 Å². The highest BCUT2D eigenvalue weighted by atomic mass is 32.2. The molecule has 0 saturated carbocycles. The maximum atomic E-state index is 12.6. The largest absolute Gasteiger partial charge is 0.310 e. The highest BCUT2D eigenvalue weighted by Gasteiger charge is 2.28. The maximum Gasteiger partial charge on any atom is 0.257 e. The Hall–Kier alpha value is -3.01. The van der Waals surface area contributed by atoms with E-state index in [4.69, 9.17) is 0 Å². The second-order valence-corrected chi connectivity index (χ2v) is 7.59. The Morgan fingerprint density at radius 2 is 2.11 bits per heavy atom. The first-order valence-corrected chi connectivity index (χ1v) is 9.77. The van der Waals surface area contributed by atoms with Crippen molar-refractivity contribution < 1.29 is 4.79 Å². The Morgan fingerprint density at radius 1 is 1.29 bits per heavy atom. The number of imidazole rings is 1. The van der Waals surface area contributed by atoms with Gasteiger partial charge in [-0.05, 0) is 20.8 Å². The molecule has 1 atom stereocenters. The first-order chi connectivity index (χ1) is 13.4. The van der Waals surface area contributed by atoms with Crippen LogP contribution in [0.5, 0.6) is 0 Å². The van der Waals surface area contributed by atoms with Crippen molar-refractivity contribution in [1.29, 1.82) is 0 Å². The third-order valence-corrected chi connectivity index (χ3v) is 5.83. The van der Waals surface area contributed by atoms with Crippen LogP contribution in [0.4, 0.5) is 5.82 Å². The van der Waals surface area contributed by atoms with E-state index >= 15 is 0 Å². The Kier molecular flexibility index (Phi) is 4.71. The minimum absolute atomic E-state index is 0.0785. The monoisotopic (exact) mass is 397 g/mol. The summed E-state index contributed by atoms with van der Waals surface area (Å²) in [5, 5.41) is 3.47. The molecule has 0 bridgehead atoms. The van der Waals surface area contributed by atoms with Gasteiger partial charge in [-0.2, -0.15) is 0 Å². The van der Waals surface area contributed by atoms with Crippen molar-refractivity contribution in [3.05, 3.63) is 52.2 Å². The number of hydrogen-bond donors (Lipinski definition) is 1. The molecular formula is C18H19N7O2S. The zero-order chi connectivity index (χ0) is 19.8. The summed E-state index contributed by atoms with van der Waals surface area (Å²) < 4.78 is 3.43.